The standard InChI is InChI=1S/C25H21FN4O2/c26-21-6-1-4-18(14-27)24(21)32-22-7-2-5-19-16-29(25(31)23(19)22)15-17-8-10-20(11-9-17)30-13-3-12-28-30/h1-13H,14-16,27H2. The molecule has 0 unspecified atom stereocenters. The Labute approximate surface area is 184 Å². The number of fused-ring (bicyclic) bond motifs is 1. The fourth-order valence-corrected chi connectivity index (χ4v) is 3.93. The van der Waals surface area contributed by atoms with Gasteiger partial charge in [-0.25, -0.2) is 9.07 Å². The highest BCUT2D eigenvalue weighted by molar-refractivity contribution is 6.01. The monoisotopic (exact) mass is 428 g/mol. The number of para-hydroxylation sites is 1. The minimum Gasteiger partial charge on any atom is -0.453 e. The van der Waals surface area contributed by atoms with Gasteiger partial charge in [-0.05, 0) is 41.5 Å². The molecule has 0 fully saturated rings. The van der Waals surface area contributed by atoms with Crippen molar-refractivity contribution in [1.82, 2.24) is 14.7 Å². The van der Waals surface area contributed by atoms with Crippen molar-refractivity contribution in [2.75, 3.05) is 0 Å². The van der Waals surface area contributed by atoms with E-state index in [9.17, 15) is 9.18 Å². The smallest absolute Gasteiger partial charge is 0.258 e. The molecule has 5 rings (SSSR count). The lowest BCUT2D eigenvalue weighted by Gasteiger charge is -2.16. The Morgan fingerprint density at radius 3 is 2.59 bits per heavy atom. The number of rotatable bonds is 6. The molecule has 0 bridgehead atoms. The van der Waals surface area contributed by atoms with Gasteiger partial charge >= 0.3 is 0 Å². The number of benzene rings is 3. The molecular formula is C25H21FN4O2. The third-order valence-electron chi connectivity index (χ3n) is 5.53. The van der Waals surface area contributed by atoms with E-state index in [2.05, 4.69) is 5.10 Å². The van der Waals surface area contributed by atoms with Gasteiger partial charge in [0.25, 0.3) is 5.91 Å². The molecule has 1 aliphatic heterocycles. The van der Waals surface area contributed by atoms with Crippen LogP contribution >= 0.6 is 0 Å². The molecule has 0 saturated heterocycles. The molecular weight excluding hydrogens is 407 g/mol. The van der Waals surface area contributed by atoms with Crippen molar-refractivity contribution >= 4 is 5.91 Å². The van der Waals surface area contributed by atoms with E-state index >= 15 is 0 Å². The molecule has 0 atom stereocenters. The Morgan fingerprint density at radius 1 is 1.03 bits per heavy atom. The fourth-order valence-electron chi connectivity index (χ4n) is 3.93. The number of aromatic nitrogens is 2. The Bertz CT molecular complexity index is 1270. The summed E-state index contributed by atoms with van der Waals surface area (Å²) in [6, 6.07) is 19.8. The van der Waals surface area contributed by atoms with Crippen molar-refractivity contribution in [2.45, 2.75) is 19.6 Å². The number of amides is 1. The average molecular weight is 428 g/mol. The van der Waals surface area contributed by atoms with E-state index < -0.39 is 5.82 Å². The van der Waals surface area contributed by atoms with Gasteiger partial charge in [0.1, 0.15) is 5.75 Å². The van der Waals surface area contributed by atoms with Gasteiger partial charge in [0, 0.05) is 37.6 Å². The number of ether oxygens (including phenoxy) is 1. The Morgan fingerprint density at radius 2 is 1.84 bits per heavy atom. The minimum atomic E-state index is -0.509. The quantitative estimate of drug-likeness (QED) is 0.494. The Kier molecular flexibility index (Phi) is 5.17. The van der Waals surface area contributed by atoms with Gasteiger partial charge in [-0.3, -0.25) is 4.79 Å². The number of nitrogens with two attached hydrogens (primary N) is 1. The summed E-state index contributed by atoms with van der Waals surface area (Å²) in [7, 11) is 0. The number of carbonyl (C=O) groups excluding carboxylic acids is 1. The van der Waals surface area contributed by atoms with Crippen molar-refractivity contribution in [2.24, 2.45) is 5.73 Å². The van der Waals surface area contributed by atoms with Gasteiger partial charge in [-0.15, -0.1) is 0 Å². The summed E-state index contributed by atoms with van der Waals surface area (Å²) >= 11 is 0. The molecule has 0 aliphatic carbocycles. The van der Waals surface area contributed by atoms with E-state index in [1.165, 1.54) is 6.07 Å². The molecule has 6 nitrogen and oxygen atoms in total. The third-order valence-corrected chi connectivity index (χ3v) is 5.53. The lowest BCUT2D eigenvalue weighted by Crippen LogP contribution is -2.23. The average Bonchev–Trinajstić information content (AvgIpc) is 3.45. The second kappa shape index (κ2) is 8.28. The summed E-state index contributed by atoms with van der Waals surface area (Å²) in [6.45, 7) is 1.06. The molecule has 0 spiro atoms. The Balaban J connectivity index is 1.38. The zero-order valence-corrected chi connectivity index (χ0v) is 17.2. The van der Waals surface area contributed by atoms with Crippen molar-refractivity contribution in [3.63, 3.8) is 0 Å². The van der Waals surface area contributed by atoms with Gasteiger partial charge in [-0.1, -0.05) is 36.4 Å². The lowest BCUT2D eigenvalue weighted by atomic mass is 10.1. The highest BCUT2D eigenvalue weighted by atomic mass is 19.1. The molecule has 1 aromatic heterocycles. The van der Waals surface area contributed by atoms with Crippen molar-refractivity contribution in [3.8, 4) is 17.2 Å². The van der Waals surface area contributed by atoms with Crippen LogP contribution in [0.3, 0.4) is 0 Å². The van der Waals surface area contributed by atoms with Crippen LogP contribution in [-0.2, 0) is 19.6 Å². The molecule has 32 heavy (non-hydrogen) atoms. The second-order valence-electron chi connectivity index (χ2n) is 7.60. The highest BCUT2D eigenvalue weighted by Crippen LogP contribution is 2.36. The molecule has 160 valence electrons. The SMILES string of the molecule is NCc1cccc(F)c1Oc1cccc2c1C(=O)N(Cc1ccc(-n3cccn3)cc1)C2. The first kappa shape index (κ1) is 20.0. The minimum absolute atomic E-state index is 0.0591. The van der Waals surface area contributed by atoms with Crippen LogP contribution in [0.2, 0.25) is 0 Å². The molecule has 1 amide bonds. The van der Waals surface area contributed by atoms with Gasteiger partial charge in [0.05, 0.1) is 11.3 Å². The van der Waals surface area contributed by atoms with E-state index in [0.29, 0.717) is 30.0 Å². The van der Waals surface area contributed by atoms with Crippen LogP contribution in [0.1, 0.15) is 27.0 Å². The summed E-state index contributed by atoms with van der Waals surface area (Å²) in [5.74, 6) is -0.254. The van der Waals surface area contributed by atoms with E-state index in [1.54, 1.807) is 34.0 Å². The predicted molar refractivity (Wildman–Crippen MR) is 118 cm³/mol. The summed E-state index contributed by atoms with van der Waals surface area (Å²) in [5, 5.41) is 4.22. The van der Waals surface area contributed by atoms with Crippen LogP contribution in [0.25, 0.3) is 5.69 Å². The first-order valence-electron chi connectivity index (χ1n) is 10.3. The van der Waals surface area contributed by atoms with Crippen LogP contribution in [-0.4, -0.2) is 20.6 Å². The molecule has 3 aromatic carbocycles. The van der Waals surface area contributed by atoms with Gasteiger partial charge in [-0.2, -0.15) is 5.10 Å². The molecule has 1 aliphatic rings. The summed E-state index contributed by atoms with van der Waals surface area (Å²) in [5.41, 5.74) is 9.55. The summed E-state index contributed by atoms with van der Waals surface area (Å²) < 4.78 is 22.1. The number of nitrogens with zero attached hydrogens (tertiary/aromatic N) is 3. The first-order chi connectivity index (χ1) is 15.6. The molecule has 4 aromatic rings. The molecule has 0 radical (unpaired) electrons. The van der Waals surface area contributed by atoms with E-state index in [1.807, 2.05) is 48.7 Å². The topological polar surface area (TPSA) is 73.4 Å². The molecule has 2 heterocycles. The lowest BCUT2D eigenvalue weighted by molar-refractivity contribution is 0.0764. The number of halogens is 1. The summed E-state index contributed by atoms with van der Waals surface area (Å²) in [4.78, 5) is 15.0. The van der Waals surface area contributed by atoms with Crippen LogP contribution in [0.15, 0.2) is 79.1 Å². The van der Waals surface area contributed by atoms with Gasteiger partial charge < -0.3 is 15.4 Å². The largest absolute Gasteiger partial charge is 0.453 e. The fraction of sp³-hybridized carbons (Fsp3) is 0.120. The molecule has 2 N–H and O–H groups in total. The summed E-state index contributed by atoms with van der Waals surface area (Å²) in [6.07, 6.45) is 3.61. The zero-order chi connectivity index (χ0) is 22.1. The molecule has 7 heteroatoms. The number of hydrogen-bond acceptors (Lipinski definition) is 4. The third kappa shape index (κ3) is 3.63. The van der Waals surface area contributed by atoms with Crippen LogP contribution in [0.4, 0.5) is 4.39 Å². The van der Waals surface area contributed by atoms with Crippen molar-refractivity contribution < 1.29 is 13.9 Å². The maximum Gasteiger partial charge on any atom is 0.258 e. The Hall–Kier alpha value is -3.97. The maximum absolute atomic E-state index is 14.4. The predicted octanol–water partition coefficient (Wildman–Crippen LogP) is 4.42. The highest BCUT2D eigenvalue weighted by Gasteiger charge is 2.31. The van der Waals surface area contributed by atoms with Crippen LogP contribution in [0.5, 0.6) is 11.5 Å². The van der Waals surface area contributed by atoms with Crippen molar-refractivity contribution in [3.05, 3.63) is 107 Å². The molecule has 0 saturated carbocycles. The normalized spacial score (nSPS) is 12.8. The zero-order valence-electron chi connectivity index (χ0n) is 17.2. The van der Waals surface area contributed by atoms with E-state index in [0.717, 1.165) is 16.8 Å². The van der Waals surface area contributed by atoms with E-state index in [4.69, 9.17) is 10.5 Å². The number of carbonyl (C=O) groups is 1. The number of hydrogen-bond donors (Lipinski definition) is 1. The van der Waals surface area contributed by atoms with Gasteiger partial charge in [0.15, 0.2) is 11.6 Å². The van der Waals surface area contributed by atoms with E-state index in [-0.39, 0.29) is 18.2 Å². The van der Waals surface area contributed by atoms with Crippen LogP contribution in [0, 0.1) is 5.82 Å². The maximum atomic E-state index is 14.4. The van der Waals surface area contributed by atoms with Crippen molar-refractivity contribution in [1.29, 1.82) is 0 Å². The second-order valence-corrected chi connectivity index (χ2v) is 7.60. The first-order valence-corrected chi connectivity index (χ1v) is 10.3. The van der Waals surface area contributed by atoms with Crippen LogP contribution < -0.4 is 10.5 Å². The van der Waals surface area contributed by atoms with Gasteiger partial charge in [0.2, 0.25) is 0 Å².